The molecule has 0 fully saturated rings. The van der Waals surface area contributed by atoms with Crippen molar-refractivity contribution in [3.63, 3.8) is 0 Å². The van der Waals surface area contributed by atoms with E-state index in [1.165, 1.54) is 0 Å². The molecule has 1 aromatic carbocycles. The third-order valence-electron chi connectivity index (χ3n) is 3.53. The molecule has 2 heterocycles. The van der Waals surface area contributed by atoms with Crippen molar-refractivity contribution < 1.29 is 9.47 Å². The van der Waals surface area contributed by atoms with E-state index in [0.29, 0.717) is 5.25 Å². The van der Waals surface area contributed by atoms with Crippen LogP contribution < -0.4 is 9.47 Å². The SMILES string of the molecule is COc1ccc(OC)c(-c2csc(-c3ccnc(SC(C)C)c3)n2)c1. The molecule has 0 radical (unpaired) electrons. The normalized spacial score (nSPS) is 10.9. The van der Waals surface area contributed by atoms with Gasteiger partial charge in [-0.1, -0.05) is 13.8 Å². The molecule has 0 unspecified atom stereocenters. The number of pyridine rings is 1. The van der Waals surface area contributed by atoms with Crippen molar-refractivity contribution in [1.29, 1.82) is 0 Å². The first-order valence-electron chi connectivity index (χ1n) is 7.91. The van der Waals surface area contributed by atoms with Gasteiger partial charge in [-0.2, -0.15) is 0 Å². The molecule has 0 saturated carbocycles. The van der Waals surface area contributed by atoms with Crippen molar-refractivity contribution in [2.75, 3.05) is 14.2 Å². The molecule has 0 aliphatic rings. The third-order valence-corrected chi connectivity index (χ3v) is 5.35. The molecule has 6 heteroatoms. The quantitative estimate of drug-likeness (QED) is 0.543. The molecule has 0 aliphatic heterocycles. The Morgan fingerprint density at radius 2 is 1.92 bits per heavy atom. The summed E-state index contributed by atoms with van der Waals surface area (Å²) in [6.45, 7) is 4.32. The Hall–Kier alpha value is -2.05. The van der Waals surface area contributed by atoms with Crippen LogP contribution in [0.2, 0.25) is 0 Å². The van der Waals surface area contributed by atoms with Crippen molar-refractivity contribution in [3.05, 3.63) is 41.9 Å². The van der Waals surface area contributed by atoms with Crippen molar-refractivity contribution >= 4 is 23.1 Å². The number of rotatable bonds is 6. The van der Waals surface area contributed by atoms with Gasteiger partial charge in [0.25, 0.3) is 0 Å². The average molecular weight is 373 g/mol. The Labute approximate surface area is 156 Å². The zero-order chi connectivity index (χ0) is 17.8. The van der Waals surface area contributed by atoms with E-state index < -0.39 is 0 Å². The van der Waals surface area contributed by atoms with Crippen molar-refractivity contribution in [2.24, 2.45) is 0 Å². The standard InChI is InChI=1S/C19H20N2O2S2/c1-12(2)25-18-9-13(7-8-20-18)19-21-16(11-24-19)15-10-14(22-3)5-6-17(15)23-4/h5-12H,1-4H3. The Bertz CT molecular complexity index is 862. The number of ether oxygens (including phenoxy) is 2. The van der Waals surface area contributed by atoms with E-state index in [-0.39, 0.29) is 0 Å². The molecule has 2 aromatic heterocycles. The molecule has 3 aromatic rings. The van der Waals surface area contributed by atoms with Crippen molar-refractivity contribution in [2.45, 2.75) is 24.1 Å². The van der Waals surface area contributed by atoms with E-state index >= 15 is 0 Å². The molecule has 0 N–H and O–H groups in total. The van der Waals surface area contributed by atoms with Crippen LogP contribution in [0.3, 0.4) is 0 Å². The minimum absolute atomic E-state index is 0.496. The lowest BCUT2D eigenvalue weighted by molar-refractivity contribution is 0.404. The number of hydrogen-bond donors (Lipinski definition) is 0. The highest BCUT2D eigenvalue weighted by Gasteiger charge is 2.13. The predicted octanol–water partition coefficient (Wildman–Crippen LogP) is 5.39. The Morgan fingerprint density at radius 3 is 2.64 bits per heavy atom. The maximum absolute atomic E-state index is 5.47. The van der Waals surface area contributed by atoms with Gasteiger partial charge in [0.15, 0.2) is 0 Å². The second-order valence-corrected chi connectivity index (χ2v) is 8.11. The van der Waals surface area contributed by atoms with Crippen LogP contribution in [0.1, 0.15) is 13.8 Å². The number of aromatic nitrogens is 2. The van der Waals surface area contributed by atoms with Gasteiger partial charge in [0.1, 0.15) is 16.5 Å². The summed E-state index contributed by atoms with van der Waals surface area (Å²) in [5.41, 5.74) is 2.89. The largest absolute Gasteiger partial charge is 0.497 e. The first-order valence-corrected chi connectivity index (χ1v) is 9.67. The fourth-order valence-electron chi connectivity index (χ4n) is 2.39. The summed E-state index contributed by atoms with van der Waals surface area (Å²) in [7, 11) is 3.32. The molecule has 25 heavy (non-hydrogen) atoms. The van der Waals surface area contributed by atoms with Crippen LogP contribution in [0, 0.1) is 0 Å². The van der Waals surface area contributed by atoms with Crippen LogP contribution in [0.25, 0.3) is 21.8 Å². The first-order chi connectivity index (χ1) is 12.1. The number of hydrogen-bond acceptors (Lipinski definition) is 6. The maximum Gasteiger partial charge on any atom is 0.128 e. The molecule has 0 spiro atoms. The lowest BCUT2D eigenvalue weighted by atomic mass is 10.1. The van der Waals surface area contributed by atoms with Gasteiger partial charge in [0.05, 0.1) is 24.9 Å². The highest BCUT2D eigenvalue weighted by atomic mass is 32.2. The van der Waals surface area contributed by atoms with Crippen LogP contribution in [0.5, 0.6) is 11.5 Å². The maximum atomic E-state index is 5.47. The summed E-state index contributed by atoms with van der Waals surface area (Å²) in [5, 5.41) is 4.52. The topological polar surface area (TPSA) is 44.2 Å². The van der Waals surface area contributed by atoms with Gasteiger partial charge >= 0.3 is 0 Å². The molecule has 0 bridgehead atoms. The molecule has 130 valence electrons. The van der Waals surface area contributed by atoms with Crippen LogP contribution in [-0.2, 0) is 0 Å². The average Bonchev–Trinajstić information content (AvgIpc) is 3.11. The number of methoxy groups -OCH3 is 2. The highest BCUT2D eigenvalue weighted by molar-refractivity contribution is 7.99. The number of thioether (sulfide) groups is 1. The predicted molar refractivity (Wildman–Crippen MR) is 105 cm³/mol. The molecular weight excluding hydrogens is 352 g/mol. The number of benzene rings is 1. The Morgan fingerprint density at radius 1 is 1.08 bits per heavy atom. The smallest absolute Gasteiger partial charge is 0.128 e. The molecule has 4 nitrogen and oxygen atoms in total. The summed E-state index contributed by atoms with van der Waals surface area (Å²) in [4.78, 5) is 9.22. The minimum atomic E-state index is 0.496. The van der Waals surface area contributed by atoms with Crippen molar-refractivity contribution in [3.8, 4) is 33.3 Å². The highest BCUT2D eigenvalue weighted by Crippen LogP contribution is 2.36. The molecule has 0 saturated heterocycles. The second-order valence-electron chi connectivity index (χ2n) is 5.65. The van der Waals surface area contributed by atoms with Gasteiger partial charge < -0.3 is 9.47 Å². The Balaban J connectivity index is 1.96. The molecule has 0 amide bonds. The molecule has 3 rings (SSSR count). The van der Waals surface area contributed by atoms with E-state index in [1.54, 1.807) is 37.3 Å². The molecular formula is C19H20N2O2S2. The number of thiazole rings is 1. The fraction of sp³-hybridized carbons (Fsp3) is 0.263. The summed E-state index contributed by atoms with van der Waals surface area (Å²) < 4.78 is 10.8. The van der Waals surface area contributed by atoms with Gasteiger partial charge in [-0.3, -0.25) is 0 Å². The summed E-state index contributed by atoms with van der Waals surface area (Å²) >= 11 is 3.36. The van der Waals surface area contributed by atoms with E-state index in [1.807, 2.05) is 35.8 Å². The van der Waals surface area contributed by atoms with E-state index in [9.17, 15) is 0 Å². The van der Waals surface area contributed by atoms with Gasteiger partial charge in [0.2, 0.25) is 0 Å². The van der Waals surface area contributed by atoms with Gasteiger partial charge in [-0.05, 0) is 30.3 Å². The van der Waals surface area contributed by atoms with E-state index in [0.717, 1.165) is 38.4 Å². The number of nitrogens with zero attached hydrogens (tertiary/aromatic N) is 2. The third kappa shape index (κ3) is 4.14. The second kappa shape index (κ2) is 7.89. The van der Waals surface area contributed by atoms with Crippen LogP contribution in [-0.4, -0.2) is 29.4 Å². The molecule has 0 aliphatic carbocycles. The molecule has 0 atom stereocenters. The summed E-state index contributed by atoms with van der Waals surface area (Å²) in [6, 6.07) is 9.82. The monoisotopic (exact) mass is 372 g/mol. The first kappa shape index (κ1) is 17.8. The zero-order valence-electron chi connectivity index (χ0n) is 14.6. The van der Waals surface area contributed by atoms with Crippen LogP contribution in [0.4, 0.5) is 0 Å². The van der Waals surface area contributed by atoms with Crippen molar-refractivity contribution in [1.82, 2.24) is 9.97 Å². The van der Waals surface area contributed by atoms with Crippen LogP contribution in [0.15, 0.2) is 46.9 Å². The lowest BCUT2D eigenvalue weighted by Gasteiger charge is -2.08. The summed E-state index contributed by atoms with van der Waals surface area (Å²) in [5.74, 6) is 1.56. The Kier molecular flexibility index (Phi) is 5.60. The van der Waals surface area contributed by atoms with Gasteiger partial charge in [-0.25, -0.2) is 9.97 Å². The van der Waals surface area contributed by atoms with E-state index in [4.69, 9.17) is 14.5 Å². The fourth-order valence-corrected chi connectivity index (χ4v) is 4.01. The van der Waals surface area contributed by atoms with E-state index in [2.05, 4.69) is 24.9 Å². The minimum Gasteiger partial charge on any atom is -0.497 e. The zero-order valence-corrected chi connectivity index (χ0v) is 16.3. The van der Waals surface area contributed by atoms with Gasteiger partial charge in [0, 0.05) is 28.0 Å². The van der Waals surface area contributed by atoms with Crippen LogP contribution >= 0.6 is 23.1 Å². The summed E-state index contributed by atoms with van der Waals surface area (Å²) in [6.07, 6.45) is 1.84. The van der Waals surface area contributed by atoms with Gasteiger partial charge in [-0.15, -0.1) is 23.1 Å². The lowest BCUT2D eigenvalue weighted by Crippen LogP contribution is -1.91.